The molecule has 0 N–H and O–H groups in total. The number of carbonyl (C=O) groups excluding carboxylic acids is 2. The molecule has 0 aromatic rings. The van der Waals surface area contributed by atoms with E-state index in [1.165, 1.54) is 0 Å². The molecule has 19 heavy (non-hydrogen) atoms. The van der Waals surface area contributed by atoms with Gasteiger partial charge < -0.3 is 4.74 Å². The van der Waals surface area contributed by atoms with Crippen LogP contribution in [-0.4, -0.2) is 48.8 Å². The van der Waals surface area contributed by atoms with Crippen LogP contribution in [0.5, 0.6) is 0 Å². The Morgan fingerprint density at radius 3 is 2.05 bits per heavy atom. The summed E-state index contributed by atoms with van der Waals surface area (Å²) in [6.45, 7) is 10.2. The molecule has 0 aromatic heterocycles. The van der Waals surface area contributed by atoms with E-state index in [0.29, 0.717) is 12.3 Å². The zero-order valence-electron chi connectivity index (χ0n) is 12.6. The average Bonchev–Trinajstić information content (AvgIpc) is 2.37. The van der Waals surface area contributed by atoms with Crippen LogP contribution in [0, 0.1) is 11.8 Å². The molecule has 0 unspecified atom stereocenters. The summed E-state index contributed by atoms with van der Waals surface area (Å²) in [4.78, 5) is 25.3. The Labute approximate surface area is 116 Å². The number of ketones is 2. The summed E-state index contributed by atoms with van der Waals surface area (Å²) >= 11 is 0. The van der Waals surface area contributed by atoms with Crippen LogP contribution in [0.25, 0.3) is 0 Å². The molecule has 0 spiro atoms. The Hall–Kier alpha value is -0.740. The fourth-order valence-electron chi connectivity index (χ4n) is 2.00. The van der Waals surface area contributed by atoms with Gasteiger partial charge in [-0.3, -0.25) is 14.5 Å². The van der Waals surface area contributed by atoms with E-state index in [1.807, 2.05) is 27.7 Å². The summed E-state index contributed by atoms with van der Waals surface area (Å²) in [6.07, 6.45) is 2.00. The van der Waals surface area contributed by atoms with Crippen molar-refractivity contribution in [2.45, 2.75) is 46.6 Å². The smallest absolute Gasteiger partial charge is 0.160 e. The Morgan fingerprint density at radius 2 is 1.58 bits per heavy atom. The third-order valence-corrected chi connectivity index (χ3v) is 3.66. The first-order chi connectivity index (χ1) is 8.90. The van der Waals surface area contributed by atoms with Crippen molar-refractivity contribution in [2.75, 3.05) is 26.2 Å². The van der Waals surface area contributed by atoms with E-state index in [2.05, 4.69) is 4.90 Å². The highest BCUT2D eigenvalue weighted by Crippen LogP contribution is 2.14. The highest BCUT2D eigenvalue weighted by Gasteiger charge is 2.22. The minimum Gasteiger partial charge on any atom is -0.370 e. The first-order valence-electron chi connectivity index (χ1n) is 7.29. The zero-order chi connectivity index (χ0) is 14.4. The molecule has 0 radical (unpaired) electrons. The summed E-state index contributed by atoms with van der Waals surface area (Å²) in [5, 5.41) is 0. The topological polar surface area (TPSA) is 46.6 Å². The van der Waals surface area contributed by atoms with Gasteiger partial charge >= 0.3 is 0 Å². The minimum absolute atomic E-state index is 0.0451. The van der Waals surface area contributed by atoms with E-state index >= 15 is 0 Å². The van der Waals surface area contributed by atoms with Gasteiger partial charge in [-0.05, 0) is 12.8 Å². The molecule has 0 atom stereocenters. The number of nitrogens with zero attached hydrogens (tertiary/aromatic N) is 1. The van der Waals surface area contributed by atoms with Gasteiger partial charge in [0.05, 0.1) is 12.6 Å². The van der Waals surface area contributed by atoms with Crippen molar-refractivity contribution >= 4 is 11.6 Å². The van der Waals surface area contributed by atoms with Gasteiger partial charge in [0.2, 0.25) is 0 Å². The second kappa shape index (κ2) is 7.75. The maximum absolute atomic E-state index is 11.7. The van der Waals surface area contributed by atoms with Crippen LogP contribution in [-0.2, 0) is 14.3 Å². The Bertz CT molecular complexity index is 305. The highest BCUT2D eigenvalue weighted by atomic mass is 16.5. The molecule has 1 saturated heterocycles. The third kappa shape index (κ3) is 5.83. The van der Waals surface area contributed by atoms with E-state index < -0.39 is 0 Å². The lowest BCUT2D eigenvalue weighted by Gasteiger charge is -2.31. The van der Waals surface area contributed by atoms with Crippen molar-refractivity contribution < 1.29 is 14.3 Å². The first-order valence-corrected chi connectivity index (χ1v) is 7.29. The summed E-state index contributed by atoms with van der Waals surface area (Å²) in [7, 11) is 0. The predicted molar refractivity (Wildman–Crippen MR) is 75.1 cm³/mol. The largest absolute Gasteiger partial charge is 0.370 e. The van der Waals surface area contributed by atoms with E-state index in [0.717, 1.165) is 25.9 Å². The van der Waals surface area contributed by atoms with Gasteiger partial charge in [0, 0.05) is 24.9 Å². The number of likely N-dealkylation sites (tertiary alicyclic amines) is 1. The van der Waals surface area contributed by atoms with Gasteiger partial charge in [-0.1, -0.05) is 27.7 Å². The molecule has 1 aliphatic heterocycles. The second-order valence-corrected chi connectivity index (χ2v) is 6.03. The molecular weight excluding hydrogens is 242 g/mol. The van der Waals surface area contributed by atoms with Crippen LogP contribution < -0.4 is 0 Å². The lowest BCUT2D eigenvalue weighted by molar-refractivity contribution is -0.129. The zero-order valence-corrected chi connectivity index (χ0v) is 12.6. The van der Waals surface area contributed by atoms with Crippen LogP contribution in [0.2, 0.25) is 0 Å². The Morgan fingerprint density at radius 1 is 1.05 bits per heavy atom. The molecule has 110 valence electrons. The van der Waals surface area contributed by atoms with Crippen LogP contribution in [0.3, 0.4) is 0 Å². The van der Waals surface area contributed by atoms with Crippen molar-refractivity contribution in [3.05, 3.63) is 0 Å². The maximum atomic E-state index is 11.7. The minimum atomic E-state index is 0.0451. The molecule has 0 amide bonds. The van der Waals surface area contributed by atoms with Gasteiger partial charge in [0.25, 0.3) is 0 Å². The van der Waals surface area contributed by atoms with Crippen molar-refractivity contribution in [1.82, 2.24) is 4.90 Å². The molecule has 0 saturated carbocycles. The highest BCUT2D eigenvalue weighted by molar-refractivity contribution is 5.82. The number of hydrogen-bond acceptors (Lipinski definition) is 4. The molecule has 4 heteroatoms. The van der Waals surface area contributed by atoms with Crippen LogP contribution in [0.15, 0.2) is 0 Å². The molecule has 1 fully saturated rings. The normalized spacial score (nSPS) is 18.2. The predicted octanol–water partition coefficient (Wildman–Crippen LogP) is 1.92. The molecular formula is C15H27NO3. The fraction of sp³-hybridized carbons (Fsp3) is 0.867. The van der Waals surface area contributed by atoms with Crippen molar-refractivity contribution in [3.63, 3.8) is 0 Å². The fourth-order valence-corrected chi connectivity index (χ4v) is 2.00. The van der Waals surface area contributed by atoms with Gasteiger partial charge in [-0.2, -0.15) is 0 Å². The summed E-state index contributed by atoms with van der Waals surface area (Å²) in [5.74, 6) is 0.619. The maximum Gasteiger partial charge on any atom is 0.160 e. The van der Waals surface area contributed by atoms with Gasteiger partial charge in [-0.15, -0.1) is 0 Å². The van der Waals surface area contributed by atoms with Crippen LogP contribution in [0.4, 0.5) is 0 Å². The average molecular weight is 269 g/mol. The number of piperidine rings is 1. The monoisotopic (exact) mass is 269 g/mol. The summed E-state index contributed by atoms with van der Waals surface area (Å²) in [6, 6.07) is 0. The standard InChI is InChI=1S/C15H27NO3/c1-11(2)14(17)9-16-7-5-13(6-8-16)19-10-15(18)12(3)4/h11-13H,5-10H2,1-4H3. The molecule has 4 nitrogen and oxygen atoms in total. The Balaban J connectivity index is 2.22. The summed E-state index contributed by atoms with van der Waals surface area (Å²) < 4.78 is 5.65. The van der Waals surface area contributed by atoms with E-state index in [-0.39, 0.29) is 30.3 Å². The van der Waals surface area contributed by atoms with Crippen LogP contribution >= 0.6 is 0 Å². The van der Waals surface area contributed by atoms with Gasteiger partial charge in [-0.25, -0.2) is 0 Å². The number of carbonyl (C=O) groups is 2. The van der Waals surface area contributed by atoms with E-state index in [1.54, 1.807) is 0 Å². The van der Waals surface area contributed by atoms with Crippen LogP contribution in [0.1, 0.15) is 40.5 Å². The molecule has 0 bridgehead atoms. The van der Waals surface area contributed by atoms with Gasteiger partial charge in [0.15, 0.2) is 5.78 Å². The van der Waals surface area contributed by atoms with Crippen molar-refractivity contribution in [1.29, 1.82) is 0 Å². The van der Waals surface area contributed by atoms with E-state index in [4.69, 9.17) is 4.74 Å². The molecule has 0 aromatic carbocycles. The molecule has 1 rings (SSSR count). The molecule has 0 aliphatic carbocycles. The quantitative estimate of drug-likeness (QED) is 0.708. The van der Waals surface area contributed by atoms with Crippen molar-refractivity contribution in [3.8, 4) is 0 Å². The van der Waals surface area contributed by atoms with E-state index in [9.17, 15) is 9.59 Å². The number of ether oxygens (including phenoxy) is 1. The first kappa shape index (κ1) is 16.3. The molecule has 1 heterocycles. The van der Waals surface area contributed by atoms with Crippen molar-refractivity contribution in [2.24, 2.45) is 11.8 Å². The lowest BCUT2D eigenvalue weighted by Crippen LogP contribution is -2.41. The SMILES string of the molecule is CC(C)C(=O)COC1CCN(CC(=O)C(C)C)CC1. The number of rotatable bonds is 7. The summed E-state index contributed by atoms with van der Waals surface area (Å²) in [5.41, 5.74) is 0. The Kier molecular flexibility index (Phi) is 6.66. The second-order valence-electron chi connectivity index (χ2n) is 6.03. The molecule has 1 aliphatic rings. The number of Topliss-reactive ketones (excluding diaryl/α,β-unsaturated/α-hetero) is 2. The third-order valence-electron chi connectivity index (χ3n) is 3.66. The number of hydrogen-bond donors (Lipinski definition) is 0. The lowest BCUT2D eigenvalue weighted by atomic mass is 10.0. The van der Waals surface area contributed by atoms with Gasteiger partial charge in [0.1, 0.15) is 12.4 Å².